The number of methoxy groups -OCH3 is 5. The summed E-state index contributed by atoms with van der Waals surface area (Å²) in [7, 11) is 8.54. The van der Waals surface area contributed by atoms with Crippen LogP contribution in [0.25, 0.3) is 0 Å². The molecule has 1 aromatic rings. The van der Waals surface area contributed by atoms with Crippen molar-refractivity contribution >= 4 is 5.97 Å². The Morgan fingerprint density at radius 3 is 2.44 bits per heavy atom. The lowest BCUT2D eigenvalue weighted by Gasteiger charge is -2.75. The molecule has 9 rings (SSSR count). The summed E-state index contributed by atoms with van der Waals surface area (Å²) in [5.74, 6) is -0.192. The van der Waals surface area contributed by atoms with Crippen molar-refractivity contribution in [2.24, 2.45) is 28.6 Å². The normalized spacial score (nSPS) is 45.8. The SMILES string of the molecule is CCN1C[C@@]2(COC)[C@H]3[C@@H](OC)C=C4C[C@H](OC)[C@@]5(O)C[C@H]([C@@H]4[C@H]5OC(=O)c4ccc(OC)cc4)[C@]34[C@@H](OC)C[C@H]2O[C@@H]14. The molecular weight excluding hydrogens is 554 g/mol. The maximum absolute atomic E-state index is 13.7. The van der Waals surface area contributed by atoms with Gasteiger partial charge in [0.05, 0.1) is 43.7 Å². The van der Waals surface area contributed by atoms with Crippen molar-refractivity contribution in [1.82, 2.24) is 4.90 Å². The molecule has 10 nitrogen and oxygen atoms in total. The molecule has 12 atom stereocenters. The Bertz CT molecular complexity index is 1270. The van der Waals surface area contributed by atoms with Crippen LogP contribution in [0.4, 0.5) is 0 Å². The van der Waals surface area contributed by atoms with Crippen molar-refractivity contribution in [3.63, 3.8) is 0 Å². The summed E-state index contributed by atoms with van der Waals surface area (Å²) in [6.07, 6.45) is 1.91. The number of nitrogens with zero attached hydrogens (tertiary/aromatic N) is 1. The van der Waals surface area contributed by atoms with Crippen LogP contribution in [-0.2, 0) is 28.4 Å². The maximum Gasteiger partial charge on any atom is 0.338 e. The number of piperidine rings is 1. The van der Waals surface area contributed by atoms with Gasteiger partial charge in [0.1, 0.15) is 23.7 Å². The number of carbonyl (C=O) groups is 1. The highest BCUT2D eigenvalue weighted by molar-refractivity contribution is 5.89. The Hall–Kier alpha value is -2.05. The molecule has 4 aliphatic carbocycles. The fraction of sp³-hybridized carbons (Fsp3) is 0.727. The number of hydrogen-bond donors (Lipinski definition) is 1. The standard InChI is InChI=1S/C33H45NO9/c1-7-34-16-31(17-37-2)23-14-25(41-6)33(30(34)42-23)21-15-32(36)24(40-5)13-19(12-22(39-4)27(31)33)26(21)28(32)43-29(35)18-8-10-20(38-3)11-9-18/h8-12,21-28,30,36H,7,13-17H2,1-6H3/t21-,22+,23-,24+,25+,26-,27-,28-,30-,31+,32+,33+/m1/s1. The van der Waals surface area contributed by atoms with Crippen molar-refractivity contribution in [3.8, 4) is 5.75 Å². The van der Waals surface area contributed by atoms with E-state index in [1.165, 1.54) is 0 Å². The minimum atomic E-state index is -1.39. The summed E-state index contributed by atoms with van der Waals surface area (Å²) in [5, 5.41) is 12.6. The summed E-state index contributed by atoms with van der Waals surface area (Å²) < 4.78 is 43.5. The maximum atomic E-state index is 13.7. The number of hydrogen-bond acceptors (Lipinski definition) is 10. The molecule has 0 aromatic heterocycles. The minimum absolute atomic E-state index is 0.0135. The van der Waals surface area contributed by atoms with Crippen LogP contribution in [0, 0.1) is 28.6 Å². The van der Waals surface area contributed by atoms with Gasteiger partial charge in [-0.15, -0.1) is 0 Å². The van der Waals surface area contributed by atoms with Crippen LogP contribution in [0.5, 0.6) is 5.75 Å². The number of ether oxygens (including phenoxy) is 7. The van der Waals surface area contributed by atoms with E-state index < -0.39 is 29.2 Å². The van der Waals surface area contributed by atoms with E-state index in [2.05, 4.69) is 17.9 Å². The van der Waals surface area contributed by atoms with Gasteiger partial charge in [-0.05, 0) is 49.6 Å². The molecule has 6 bridgehead atoms. The molecule has 4 heterocycles. The average molecular weight is 600 g/mol. The highest BCUT2D eigenvalue weighted by atomic mass is 16.6. The molecule has 1 N–H and O–H groups in total. The lowest BCUT2D eigenvalue weighted by molar-refractivity contribution is -0.414. The summed E-state index contributed by atoms with van der Waals surface area (Å²) >= 11 is 0. The quantitative estimate of drug-likeness (QED) is 0.337. The Morgan fingerprint density at radius 1 is 1.07 bits per heavy atom. The van der Waals surface area contributed by atoms with E-state index in [1.54, 1.807) is 59.8 Å². The molecule has 4 saturated heterocycles. The van der Waals surface area contributed by atoms with Crippen LogP contribution in [-0.4, -0.2) is 114 Å². The number of aliphatic hydroxyl groups is 1. The zero-order valence-corrected chi connectivity index (χ0v) is 26.0. The summed E-state index contributed by atoms with van der Waals surface area (Å²) in [4.78, 5) is 16.1. The molecule has 8 aliphatic rings. The Labute approximate surface area is 253 Å². The second-order valence-electron chi connectivity index (χ2n) is 13.4. The van der Waals surface area contributed by atoms with Gasteiger partial charge in [0.2, 0.25) is 0 Å². The Morgan fingerprint density at radius 2 is 1.81 bits per heavy atom. The third kappa shape index (κ3) is 3.74. The largest absolute Gasteiger partial charge is 0.497 e. The van der Waals surface area contributed by atoms with Gasteiger partial charge in [-0.2, -0.15) is 0 Å². The molecule has 0 amide bonds. The second kappa shape index (κ2) is 10.5. The van der Waals surface area contributed by atoms with E-state index >= 15 is 0 Å². The first-order valence-corrected chi connectivity index (χ1v) is 15.5. The second-order valence-corrected chi connectivity index (χ2v) is 13.4. The zero-order valence-electron chi connectivity index (χ0n) is 26.0. The van der Waals surface area contributed by atoms with Gasteiger partial charge in [-0.1, -0.05) is 18.6 Å². The molecule has 4 aliphatic heterocycles. The van der Waals surface area contributed by atoms with E-state index in [4.69, 9.17) is 33.2 Å². The topological polar surface area (TPSA) is 105 Å². The van der Waals surface area contributed by atoms with Gasteiger partial charge in [0.25, 0.3) is 0 Å². The van der Waals surface area contributed by atoms with Gasteiger partial charge in [-0.25, -0.2) is 4.79 Å². The summed E-state index contributed by atoms with van der Waals surface area (Å²) in [6.45, 7) is 4.35. The minimum Gasteiger partial charge on any atom is -0.497 e. The molecule has 0 unspecified atom stereocenters. The van der Waals surface area contributed by atoms with Crippen LogP contribution in [0.2, 0.25) is 0 Å². The number of benzene rings is 1. The molecule has 7 fully saturated rings. The Balaban J connectivity index is 1.40. The van der Waals surface area contributed by atoms with E-state index in [9.17, 15) is 9.90 Å². The molecule has 43 heavy (non-hydrogen) atoms. The molecule has 1 aromatic carbocycles. The van der Waals surface area contributed by atoms with Gasteiger partial charge in [-0.3, -0.25) is 4.90 Å². The predicted molar refractivity (Wildman–Crippen MR) is 155 cm³/mol. The van der Waals surface area contributed by atoms with E-state index in [0.29, 0.717) is 30.8 Å². The first kappa shape index (κ1) is 29.6. The van der Waals surface area contributed by atoms with Crippen LogP contribution < -0.4 is 4.74 Å². The number of rotatable bonds is 9. The highest BCUT2D eigenvalue weighted by Gasteiger charge is 2.82. The zero-order chi connectivity index (χ0) is 30.3. The number of carbonyl (C=O) groups excluding carboxylic acids is 1. The smallest absolute Gasteiger partial charge is 0.338 e. The van der Waals surface area contributed by atoms with Crippen LogP contribution in [0.15, 0.2) is 35.9 Å². The van der Waals surface area contributed by atoms with Crippen molar-refractivity contribution in [2.75, 3.05) is 55.2 Å². The summed E-state index contributed by atoms with van der Waals surface area (Å²) in [5.41, 5.74) is -0.771. The van der Waals surface area contributed by atoms with Gasteiger partial charge >= 0.3 is 5.97 Å². The molecule has 10 heteroatoms. The van der Waals surface area contributed by atoms with Crippen LogP contribution in [0.3, 0.4) is 0 Å². The fourth-order valence-electron chi connectivity index (χ4n) is 10.7. The molecule has 0 radical (unpaired) electrons. The van der Waals surface area contributed by atoms with E-state index in [0.717, 1.165) is 25.1 Å². The molecular formula is C33H45NO9. The average Bonchev–Trinajstić information content (AvgIpc) is 3.17. The monoisotopic (exact) mass is 599 g/mol. The molecule has 236 valence electrons. The first-order chi connectivity index (χ1) is 20.8. The lowest BCUT2D eigenvalue weighted by atomic mass is 9.42. The Kier molecular flexibility index (Phi) is 7.24. The molecule has 1 spiro atoms. The van der Waals surface area contributed by atoms with Crippen molar-refractivity contribution in [2.45, 2.75) is 68.5 Å². The van der Waals surface area contributed by atoms with Crippen molar-refractivity contribution < 1.29 is 43.1 Å². The van der Waals surface area contributed by atoms with Crippen molar-refractivity contribution in [3.05, 3.63) is 41.5 Å². The van der Waals surface area contributed by atoms with Crippen molar-refractivity contribution in [1.29, 1.82) is 0 Å². The lowest BCUT2D eigenvalue weighted by Crippen LogP contribution is -2.84. The van der Waals surface area contributed by atoms with Crippen LogP contribution in [0.1, 0.15) is 36.5 Å². The number of esters is 1. The van der Waals surface area contributed by atoms with E-state index in [-0.39, 0.29) is 47.7 Å². The predicted octanol–water partition coefficient (Wildman–Crippen LogP) is 2.68. The van der Waals surface area contributed by atoms with Gasteiger partial charge < -0.3 is 38.3 Å². The van der Waals surface area contributed by atoms with Gasteiger partial charge in [0.15, 0.2) is 0 Å². The third-order valence-electron chi connectivity index (χ3n) is 12.1. The summed E-state index contributed by atoms with van der Waals surface area (Å²) in [6, 6.07) is 6.85. The third-order valence-corrected chi connectivity index (χ3v) is 12.1. The van der Waals surface area contributed by atoms with Crippen LogP contribution >= 0.6 is 0 Å². The van der Waals surface area contributed by atoms with Gasteiger partial charge in [0, 0.05) is 64.1 Å². The number of fused-ring (bicyclic) bond motifs is 3. The molecule has 3 saturated carbocycles. The van der Waals surface area contributed by atoms with E-state index in [1.807, 2.05) is 0 Å². The first-order valence-electron chi connectivity index (χ1n) is 15.5. The fourth-order valence-corrected chi connectivity index (χ4v) is 10.7. The highest BCUT2D eigenvalue weighted by Crippen LogP contribution is 2.74.